The van der Waals surface area contributed by atoms with Crippen LogP contribution in [0.15, 0.2) is 41.4 Å². The minimum atomic E-state index is 0. The number of halogens is 1. The third-order valence-corrected chi connectivity index (χ3v) is 5.44. The second-order valence-electron chi connectivity index (χ2n) is 7.48. The summed E-state index contributed by atoms with van der Waals surface area (Å²) < 4.78 is 5.46. The summed E-state index contributed by atoms with van der Waals surface area (Å²) in [5.74, 6) is 1.79. The van der Waals surface area contributed by atoms with Crippen LogP contribution in [0.5, 0.6) is 0 Å². The van der Waals surface area contributed by atoms with Crippen molar-refractivity contribution in [3.8, 4) is 0 Å². The third-order valence-electron chi connectivity index (χ3n) is 5.44. The van der Waals surface area contributed by atoms with E-state index in [1.54, 1.807) is 0 Å². The normalized spacial score (nSPS) is 17.5. The smallest absolute Gasteiger partial charge is 0.193 e. The zero-order valence-electron chi connectivity index (χ0n) is 17.3. The summed E-state index contributed by atoms with van der Waals surface area (Å²) in [6.45, 7) is 8.64. The second kappa shape index (κ2) is 12.3. The van der Waals surface area contributed by atoms with E-state index in [2.05, 4.69) is 65.5 Å². The van der Waals surface area contributed by atoms with Crippen molar-refractivity contribution in [3.05, 3.63) is 42.0 Å². The lowest BCUT2D eigenvalue weighted by Crippen LogP contribution is -2.40. The lowest BCUT2D eigenvalue weighted by atomic mass is 9.96. The van der Waals surface area contributed by atoms with Crippen molar-refractivity contribution in [2.75, 3.05) is 51.3 Å². The van der Waals surface area contributed by atoms with Crippen LogP contribution in [0.25, 0.3) is 0 Å². The molecule has 0 unspecified atom stereocenters. The fourth-order valence-corrected chi connectivity index (χ4v) is 3.65. The van der Waals surface area contributed by atoms with Gasteiger partial charge in [0.2, 0.25) is 0 Å². The average molecular weight is 498 g/mol. The number of nitrogens with one attached hydrogen (secondary N) is 1. The highest BCUT2D eigenvalue weighted by Crippen LogP contribution is 2.19. The van der Waals surface area contributed by atoms with Gasteiger partial charge in [-0.1, -0.05) is 24.3 Å². The Morgan fingerprint density at radius 1 is 1.18 bits per heavy atom. The van der Waals surface area contributed by atoms with Crippen LogP contribution in [0.4, 0.5) is 5.69 Å². The molecule has 2 heterocycles. The fraction of sp³-hybridized carbons (Fsp3) is 0.591. The first kappa shape index (κ1) is 23.0. The molecule has 6 heteroatoms. The summed E-state index contributed by atoms with van der Waals surface area (Å²) >= 11 is 0. The molecule has 0 aliphatic carbocycles. The Bertz CT molecular complexity index is 618. The van der Waals surface area contributed by atoms with E-state index in [0.29, 0.717) is 6.54 Å². The van der Waals surface area contributed by atoms with E-state index in [0.717, 1.165) is 51.3 Å². The number of nitrogens with zero attached hydrogens (tertiary/aromatic N) is 3. The monoisotopic (exact) mass is 498 g/mol. The van der Waals surface area contributed by atoms with Gasteiger partial charge >= 0.3 is 0 Å². The van der Waals surface area contributed by atoms with Gasteiger partial charge in [0.1, 0.15) is 0 Å². The largest absolute Gasteiger partial charge is 0.381 e. The minimum absolute atomic E-state index is 0. The zero-order chi connectivity index (χ0) is 18.9. The Kier molecular flexibility index (Phi) is 10.1. The van der Waals surface area contributed by atoms with E-state index in [1.165, 1.54) is 30.5 Å². The van der Waals surface area contributed by atoms with Crippen molar-refractivity contribution in [2.45, 2.75) is 32.7 Å². The third kappa shape index (κ3) is 6.95. The number of anilines is 1. The molecule has 1 aromatic rings. The first-order valence-corrected chi connectivity index (χ1v) is 10.3. The van der Waals surface area contributed by atoms with Gasteiger partial charge in [-0.2, -0.15) is 0 Å². The highest BCUT2D eigenvalue weighted by atomic mass is 127. The maximum atomic E-state index is 5.46. The SMILES string of the molecule is CCNC(=NCc1ccc(N2CC=CC2)cc1)N(C)CCC1CCOCC1.I. The highest BCUT2D eigenvalue weighted by molar-refractivity contribution is 14.0. The molecule has 0 bridgehead atoms. The molecule has 2 aliphatic heterocycles. The Morgan fingerprint density at radius 3 is 2.50 bits per heavy atom. The topological polar surface area (TPSA) is 40.1 Å². The molecule has 2 aliphatic rings. The summed E-state index contributed by atoms with van der Waals surface area (Å²) in [7, 11) is 2.14. The maximum absolute atomic E-state index is 5.46. The van der Waals surface area contributed by atoms with E-state index in [-0.39, 0.29) is 24.0 Å². The van der Waals surface area contributed by atoms with Crippen LogP contribution in [0.3, 0.4) is 0 Å². The van der Waals surface area contributed by atoms with Crippen LogP contribution in [0, 0.1) is 5.92 Å². The van der Waals surface area contributed by atoms with E-state index in [9.17, 15) is 0 Å². The average Bonchev–Trinajstić information content (AvgIpc) is 3.25. The molecule has 0 aromatic heterocycles. The number of rotatable bonds is 7. The summed E-state index contributed by atoms with van der Waals surface area (Å²) in [5.41, 5.74) is 2.53. The molecule has 156 valence electrons. The first-order valence-electron chi connectivity index (χ1n) is 10.3. The van der Waals surface area contributed by atoms with Crippen LogP contribution in [0.1, 0.15) is 31.7 Å². The quantitative estimate of drug-likeness (QED) is 0.268. The van der Waals surface area contributed by atoms with Crippen molar-refractivity contribution in [3.63, 3.8) is 0 Å². The van der Waals surface area contributed by atoms with E-state index in [4.69, 9.17) is 9.73 Å². The molecular weight excluding hydrogens is 463 g/mol. The number of aliphatic imine (C=N–C) groups is 1. The summed E-state index contributed by atoms with van der Waals surface area (Å²) in [6.07, 6.45) is 8.04. The van der Waals surface area contributed by atoms with Gasteiger partial charge in [0.15, 0.2) is 5.96 Å². The van der Waals surface area contributed by atoms with Crippen molar-refractivity contribution < 1.29 is 4.74 Å². The van der Waals surface area contributed by atoms with Gasteiger partial charge in [0.05, 0.1) is 6.54 Å². The Balaban J connectivity index is 0.00000280. The molecule has 28 heavy (non-hydrogen) atoms. The van der Waals surface area contributed by atoms with Crippen LogP contribution in [-0.4, -0.2) is 57.3 Å². The molecule has 5 nitrogen and oxygen atoms in total. The minimum Gasteiger partial charge on any atom is -0.381 e. The van der Waals surface area contributed by atoms with E-state index >= 15 is 0 Å². The molecule has 0 radical (unpaired) electrons. The molecule has 0 atom stereocenters. The van der Waals surface area contributed by atoms with Crippen LogP contribution in [-0.2, 0) is 11.3 Å². The second-order valence-corrected chi connectivity index (χ2v) is 7.48. The van der Waals surface area contributed by atoms with Crippen molar-refractivity contribution in [1.82, 2.24) is 10.2 Å². The molecular formula is C22H35IN4O. The van der Waals surface area contributed by atoms with Gasteiger partial charge in [-0.15, -0.1) is 24.0 Å². The Labute approximate surface area is 187 Å². The number of hydrogen-bond donors (Lipinski definition) is 1. The zero-order valence-corrected chi connectivity index (χ0v) is 19.6. The van der Waals surface area contributed by atoms with E-state index < -0.39 is 0 Å². The van der Waals surface area contributed by atoms with Gasteiger partial charge in [0, 0.05) is 52.1 Å². The molecule has 0 amide bonds. The molecule has 1 saturated heterocycles. The Hall–Kier alpha value is -1.28. The predicted molar refractivity (Wildman–Crippen MR) is 129 cm³/mol. The molecule has 1 N–H and O–H groups in total. The van der Waals surface area contributed by atoms with Crippen LogP contribution in [0.2, 0.25) is 0 Å². The highest BCUT2D eigenvalue weighted by Gasteiger charge is 2.15. The van der Waals surface area contributed by atoms with Crippen LogP contribution >= 0.6 is 24.0 Å². The predicted octanol–water partition coefficient (Wildman–Crippen LogP) is 3.89. The molecule has 1 fully saturated rings. The summed E-state index contributed by atoms with van der Waals surface area (Å²) in [4.78, 5) is 9.48. The molecule has 0 saturated carbocycles. The summed E-state index contributed by atoms with van der Waals surface area (Å²) in [6, 6.07) is 8.81. The van der Waals surface area contributed by atoms with Gasteiger partial charge < -0.3 is 19.9 Å². The number of benzene rings is 1. The molecule has 1 aromatic carbocycles. The number of guanidine groups is 1. The van der Waals surface area contributed by atoms with Gasteiger partial charge in [-0.3, -0.25) is 0 Å². The number of hydrogen-bond acceptors (Lipinski definition) is 3. The maximum Gasteiger partial charge on any atom is 0.193 e. The number of ether oxygens (including phenoxy) is 1. The fourth-order valence-electron chi connectivity index (χ4n) is 3.65. The Morgan fingerprint density at radius 2 is 1.86 bits per heavy atom. The molecule has 3 rings (SSSR count). The lowest BCUT2D eigenvalue weighted by Gasteiger charge is -2.27. The van der Waals surface area contributed by atoms with Gasteiger partial charge in [-0.25, -0.2) is 4.99 Å². The van der Waals surface area contributed by atoms with E-state index in [1.807, 2.05) is 0 Å². The van der Waals surface area contributed by atoms with Gasteiger partial charge in [0.25, 0.3) is 0 Å². The van der Waals surface area contributed by atoms with Crippen LogP contribution < -0.4 is 10.2 Å². The van der Waals surface area contributed by atoms with Crippen molar-refractivity contribution >= 4 is 35.6 Å². The van der Waals surface area contributed by atoms with Gasteiger partial charge in [-0.05, 0) is 49.8 Å². The lowest BCUT2D eigenvalue weighted by molar-refractivity contribution is 0.0625. The standard InChI is InChI=1S/C22H34N4O.HI/c1-3-23-22(25(2)15-10-19-11-16-27-17-12-19)24-18-20-6-8-21(9-7-20)26-13-4-5-14-26;/h4-9,19H,3,10-18H2,1-2H3,(H,23,24);1H. The van der Waals surface area contributed by atoms with Crippen molar-refractivity contribution in [1.29, 1.82) is 0 Å². The first-order chi connectivity index (χ1) is 13.3. The summed E-state index contributed by atoms with van der Waals surface area (Å²) in [5, 5.41) is 3.43. The molecule has 0 spiro atoms. The van der Waals surface area contributed by atoms with Crippen molar-refractivity contribution in [2.24, 2.45) is 10.9 Å².